The number of aromatic nitrogens is 1. The van der Waals surface area contributed by atoms with Gasteiger partial charge in [-0.2, -0.15) is 0 Å². The summed E-state index contributed by atoms with van der Waals surface area (Å²) in [5.74, 6) is 0.184. The summed E-state index contributed by atoms with van der Waals surface area (Å²) in [4.78, 5) is 33.0. The molecule has 2 fully saturated rings. The average Bonchev–Trinajstić information content (AvgIpc) is 3.20. The van der Waals surface area contributed by atoms with Crippen molar-refractivity contribution in [3.05, 3.63) is 35.5 Å². The van der Waals surface area contributed by atoms with E-state index in [0.29, 0.717) is 37.5 Å². The first-order valence-corrected chi connectivity index (χ1v) is 11.6. The Bertz CT molecular complexity index is 1030. The Morgan fingerprint density at radius 3 is 2.84 bits per heavy atom. The minimum absolute atomic E-state index is 0.0784. The number of amides is 3. The Hall–Kier alpha value is -2.50. The summed E-state index contributed by atoms with van der Waals surface area (Å²) < 4.78 is 0. The molecule has 0 unspecified atom stereocenters. The zero-order valence-electron chi connectivity index (χ0n) is 19.0. The Labute approximate surface area is 184 Å². The van der Waals surface area contributed by atoms with Crippen molar-refractivity contribution in [3.63, 3.8) is 0 Å². The minimum Gasteiger partial charge on any atom is -0.357 e. The molecular formula is C25H34N4O2. The fourth-order valence-electron chi connectivity index (χ4n) is 6.65. The Balaban J connectivity index is 1.14. The number of likely N-dealkylation sites (tertiary alicyclic amines) is 1. The van der Waals surface area contributed by atoms with Crippen LogP contribution in [-0.2, 0) is 17.8 Å². The Kier molecular flexibility index (Phi) is 4.79. The topological polar surface area (TPSA) is 68.4 Å². The molecule has 1 aromatic carbocycles. The molecule has 6 nitrogen and oxygen atoms in total. The lowest BCUT2D eigenvalue weighted by molar-refractivity contribution is -0.132. The van der Waals surface area contributed by atoms with Crippen LogP contribution in [0.1, 0.15) is 57.7 Å². The molecule has 1 aromatic heterocycles. The van der Waals surface area contributed by atoms with Crippen LogP contribution in [0.3, 0.4) is 0 Å². The van der Waals surface area contributed by atoms with Crippen LogP contribution in [0.4, 0.5) is 4.79 Å². The lowest BCUT2D eigenvalue weighted by atomic mass is 9.65. The van der Waals surface area contributed by atoms with E-state index in [2.05, 4.69) is 54.2 Å². The molecule has 1 saturated carbocycles. The van der Waals surface area contributed by atoms with Gasteiger partial charge in [-0.15, -0.1) is 0 Å². The molecular weight excluding hydrogens is 388 g/mol. The lowest BCUT2D eigenvalue weighted by Crippen LogP contribution is -2.44. The molecule has 3 heterocycles. The average molecular weight is 423 g/mol. The van der Waals surface area contributed by atoms with Crippen LogP contribution in [0.25, 0.3) is 10.9 Å². The zero-order valence-corrected chi connectivity index (χ0v) is 19.0. The second kappa shape index (κ2) is 7.28. The van der Waals surface area contributed by atoms with Crippen molar-refractivity contribution >= 4 is 22.8 Å². The van der Waals surface area contributed by atoms with Gasteiger partial charge in [-0.25, -0.2) is 4.79 Å². The van der Waals surface area contributed by atoms with E-state index in [1.807, 2.05) is 11.0 Å². The van der Waals surface area contributed by atoms with Crippen LogP contribution >= 0.6 is 0 Å². The van der Waals surface area contributed by atoms with E-state index in [-0.39, 0.29) is 17.4 Å². The number of nitrogens with one attached hydrogen (secondary N) is 2. The first-order valence-electron chi connectivity index (χ1n) is 11.6. The van der Waals surface area contributed by atoms with Gasteiger partial charge in [0, 0.05) is 48.7 Å². The Morgan fingerprint density at radius 1 is 1.19 bits per heavy atom. The number of fused-ring (bicyclic) bond motifs is 5. The monoisotopic (exact) mass is 422 g/mol. The van der Waals surface area contributed by atoms with E-state index >= 15 is 0 Å². The van der Waals surface area contributed by atoms with Crippen molar-refractivity contribution in [1.29, 1.82) is 0 Å². The van der Waals surface area contributed by atoms with Gasteiger partial charge in [-0.05, 0) is 48.1 Å². The van der Waals surface area contributed by atoms with E-state index in [4.69, 9.17) is 0 Å². The lowest BCUT2D eigenvalue weighted by Gasteiger charge is -2.39. The quantitative estimate of drug-likeness (QED) is 0.783. The van der Waals surface area contributed by atoms with E-state index in [9.17, 15) is 9.59 Å². The first kappa shape index (κ1) is 20.4. The molecule has 2 aliphatic heterocycles. The number of H-pyrrole nitrogens is 1. The molecule has 2 bridgehead atoms. The number of aromatic amines is 1. The third-order valence-electron chi connectivity index (χ3n) is 7.52. The molecule has 31 heavy (non-hydrogen) atoms. The SMILES string of the molecule is CC1(C)C[C@H]2C[C@@](C)(CN2C(=O)CCNC(=O)N2CCc3c([nH]c4ccccc34)C2)C1. The van der Waals surface area contributed by atoms with Crippen molar-refractivity contribution in [3.8, 4) is 0 Å². The number of para-hydroxylation sites is 1. The predicted molar refractivity (Wildman–Crippen MR) is 122 cm³/mol. The van der Waals surface area contributed by atoms with Gasteiger partial charge >= 0.3 is 6.03 Å². The largest absolute Gasteiger partial charge is 0.357 e. The summed E-state index contributed by atoms with van der Waals surface area (Å²) in [5.41, 5.74) is 4.13. The molecule has 0 spiro atoms. The molecule has 2 atom stereocenters. The van der Waals surface area contributed by atoms with Crippen LogP contribution in [0.15, 0.2) is 24.3 Å². The van der Waals surface area contributed by atoms with Crippen LogP contribution in [0.5, 0.6) is 0 Å². The highest BCUT2D eigenvalue weighted by molar-refractivity contribution is 5.85. The molecule has 166 valence electrons. The van der Waals surface area contributed by atoms with Crippen molar-refractivity contribution in [2.45, 2.75) is 65.5 Å². The van der Waals surface area contributed by atoms with E-state index in [0.717, 1.165) is 37.0 Å². The summed E-state index contributed by atoms with van der Waals surface area (Å²) in [7, 11) is 0. The fourth-order valence-corrected chi connectivity index (χ4v) is 6.65. The van der Waals surface area contributed by atoms with Crippen LogP contribution < -0.4 is 5.32 Å². The molecule has 0 radical (unpaired) electrons. The van der Waals surface area contributed by atoms with Gasteiger partial charge in [0.15, 0.2) is 0 Å². The number of carbonyl (C=O) groups is 2. The van der Waals surface area contributed by atoms with Crippen LogP contribution in [0, 0.1) is 10.8 Å². The molecule has 2 aromatic rings. The minimum atomic E-state index is -0.0784. The second-order valence-electron chi connectivity index (χ2n) is 11.0. The zero-order chi connectivity index (χ0) is 21.8. The van der Waals surface area contributed by atoms with Gasteiger partial charge in [-0.1, -0.05) is 39.0 Å². The Morgan fingerprint density at radius 2 is 2.00 bits per heavy atom. The number of rotatable bonds is 3. The normalized spacial score (nSPS) is 26.7. The standard InChI is InChI=1S/C25H34N4O2/c1-24(2)12-17-13-25(3,15-24)16-29(17)22(30)8-10-26-23(31)28-11-9-19-18-6-4-5-7-20(18)27-21(19)14-28/h4-7,17,27H,8-16H2,1-3H3,(H,26,31)/t17-,25+/m0/s1. The summed E-state index contributed by atoms with van der Waals surface area (Å²) in [6, 6.07) is 8.59. The first-order chi connectivity index (χ1) is 14.7. The number of carbonyl (C=O) groups excluding carboxylic acids is 2. The fraction of sp³-hybridized carbons (Fsp3) is 0.600. The number of urea groups is 1. The van der Waals surface area contributed by atoms with Crippen molar-refractivity contribution in [2.24, 2.45) is 10.8 Å². The van der Waals surface area contributed by atoms with Gasteiger partial charge in [0.1, 0.15) is 0 Å². The second-order valence-corrected chi connectivity index (χ2v) is 11.0. The molecule has 5 rings (SSSR count). The van der Waals surface area contributed by atoms with Crippen LogP contribution in [-0.4, -0.2) is 52.4 Å². The molecule has 3 aliphatic rings. The highest BCUT2D eigenvalue weighted by Gasteiger charge is 2.50. The highest BCUT2D eigenvalue weighted by Crippen LogP contribution is 2.52. The maximum Gasteiger partial charge on any atom is 0.317 e. The van der Waals surface area contributed by atoms with Crippen molar-refractivity contribution in [2.75, 3.05) is 19.6 Å². The summed E-state index contributed by atoms with van der Waals surface area (Å²) in [5, 5.41) is 4.24. The van der Waals surface area contributed by atoms with Crippen LogP contribution in [0.2, 0.25) is 0 Å². The molecule has 1 aliphatic carbocycles. The number of nitrogens with zero attached hydrogens (tertiary/aromatic N) is 2. The number of hydrogen-bond donors (Lipinski definition) is 2. The summed E-state index contributed by atoms with van der Waals surface area (Å²) in [6.45, 7) is 9.53. The number of benzene rings is 1. The van der Waals surface area contributed by atoms with E-state index < -0.39 is 0 Å². The van der Waals surface area contributed by atoms with Gasteiger partial charge in [0.2, 0.25) is 5.91 Å². The van der Waals surface area contributed by atoms with Gasteiger partial charge in [0.05, 0.1) is 6.54 Å². The predicted octanol–water partition coefficient (Wildman–Crippen LogP) is 4.05. The molecule has 2 N–H and O–H groups in total. The summed E-state index contributed by atoms with van der Waals surface area (Å²) >= 11 is 0. The van der Waals surface area contributed by atoms with Crippen molar-refractivity contribution < 1.29 is 9.59 Å². The third-order valence-corrected chi connectivity index (χ3v) is 7.52. The van der Waals surface area contributed by atoms with E-state index in [1.54, 1.807) is 0 Å². The number of hydrogen-bond acceptors (Lipinski definition) is 2. The third kappa shape index (κ3) is 3.81. The molecule has 6 heteroatoms. The maximum atomic E-state index is 12.9. The van der Waals surface area contributed by atoms with Gasteiger partial charge in [0.25, 0.3) is 0 Å². The highest BCUT2D eigenvalue weighted by atomic mass is 16.2. The maximum absolute atomic E-state index is 12.9. The molecule has 3 amide bonds. The van der Waals surface area contributed by atoms with Gasteiger partial charge in [-0.3, -0.25) is 4.79 Å². The van der Waals surface area contributed by atoms with Gasteiger partial charge < -0.3 is 20.1 Å². The summed E-state index contributed by atoms with van der Waals surface area (Å²) in [6.07, 6.45) is 4.62. The smallest absolute Gasteiger partial charge is 0.317 e. The van der Waals surface area contributed by atoms with E-state index in [1.165, 1.54) is 17.4 Å². The molecule has 1 saturated heterocycles. The van der Waals surface area contributed by atoms with Crippen molar-refractivity contribution in [1.82, 2.24) is 20.1 Å².